The lowest BCUT2D eigenvalue weighted by Gasteiger charge is -2.27. The summed E-state index contributed by atoms with van der Waals surface area (Å²) in [6.45, 7) is 11.4. The Labute approximate surface area is 174 Å². The van der Waals surface area contributed by atoms with Gasteiger partial charge in [-0.3, -0.25) is 0 Å². The number of rotatable bonds is 6. The lowest BCUT2D eigenvalue weighted by Crippen LogP contribution is -2.22. The molecule has 0 saturated heterocycles. The third-order valence-corrected chi connectivity index (χ3v) is 5.06. The first-order valence-electron chi connectivity index (χ1n) is 9.28. The first-order valence-corrected chi connectivity index (χ1v) is 9.66. The van der Waals surface area contributed by atoms with Crippen molar-refractivity contribution >= 4 is 28.6 Å². The second kappa shape index (κ2) is 7.87. The Hall–Kier alpha value is -2.86. The quantitative estimate of drug-likeness (QED) is 0.460. The maximum absolute atomic E-state index is 11.6. The summed E-state index contributed by atoms with van der Waals surface area (Å²) in [7, 11) is 0. The second-order valence-corrected chi connectivity index (χ2v) is 8.29. The summed E-state index contributed by atoms with van der Waals surface area (Å²) in [5.74, 6) is -0.320. The van der Waals surface area contributed by atoms with Crippen LogP contribution in [-0.4, -0.2) is 32.7 Å². The van der Waals surface area contributed by atoms with E-state index in [4.69, 9.17) is 16.3 Å². The standard InChI is InChI=1S/C22H24ClN3O3/c1-13(2)21(28)29-9-8-22(4,5)16-10-14(3)11-19(20(16)27)26-24-17-7-6-15(23)12-18(17)25-26/h6-7,10-12,27H,1,8-9H2,2-5H3. The van der Waals surface area contributed by atoms with Crippen LogP contribution in [0.5, 0.6) is 5.75 Å². The maximum atomic E-state index is 11.6. The van der Waals surface area contributed by atoms with Gasteiger partial charge in [0.05, 0.1) is 6.61 Å². The highest BCUT2D eigenvalue weighted by atomic mass is 35.5. The van der Waals surface area contributed by atoms with E-state index in [0.29, 0.717) is 33.7 Å². The van der Waals surface area contributed by atoms with Crippen LogP contribution in [0.2, 0.25) is 5.02 Å². The molecular weight excluding hydrogens is 390 g/mol. The molecule has 0 radical (unpaired) electrons. The first-order chi connectivity index (χ1) is 13.6. The van der Waals surface area contributed by atoms with Crippen molar-refractivity contribution in [3.05, 3.63) is 58.6 Å². The zero-order valence-electron chi connectivity index (χ0n) is 17.0. The molecule has 0 bridgehead atoms. The number of hydrogen-bond donors (Lipinski definition) is 1. The third kappa shape index (κ3) is 4.43. The van der Waals surface area contributed by atoms with Gasteiger partial charge in [0.1, 0.15) is 22.5 Å². The zero-order chi connectivity index (χ0) is 21.3. The summed E-state index contributed by atoms with van der Waals surface area (Å²) in [5, 5.41) is 20.5. The molecule has 29 heavy (non-hydrogen) atoms. The van der Waals surface area contributed by atoms with E-state index in [0.717, 1.165) is 11.1 Å². The van der Waals surface area contributed by atoms with Gasteiger partial charge in [0.2, 0.25) is 0 Å². The number of esters is 1. The van der Waals surface area contributed by atoms with Crippen molar-refractivity contribution in [1.82, 2.24) is 15.0 Å². The van der Waals surface area contributed by atoms with E-state index >= 15 is 0 Å². The van der Waals surface area contributed by atoms with E-state index in [2.05, 4.69) is 16.8 Å². The number of fused-ring (bicyclic) bond motifs is 1. The van der Waals surface area contributed by atoms with E-state index in [-0.39, 0.29) is 12.4 Å². The molecule has 0 atom stereocenters. The number of ether oxygens (including phenoxy) is 1. The van der Waals surface area contributed by atoms with Crippen LogP contribution in [0.3, 0.4) is 0 Å². The number of aromatic hydroxyl groups is 1. The van der Waals surface area contributed by atoms with Crippen LogP contribution in [0.1, 0.15) is 38.3 Å². The molecule has 2 aromatic carbocycles. The summed E-state index contributed by atoms with van der Waals surface area (Å²) in [4.78, 5) is 13.1. The highest BCUT2D eigenvalue weighted by Crippen LogP contribution is 2.38. The molecule has 0 fully saturated rings. The number of phenols is 1. The van der Waals surface area contributed by atoms with Gasteiger partial charge in [0.15, 0.2) is 0 Å². The Morgan fingerprint density at radius 3 is 2.62 bits per heavy atom. The second-order valence-electron chi connectivity index (χ2n) is 7.85. The van der Waals surface area contributed by atoms with Crippen molar-refractivity contribution in [2.75, 3.05) is 6.61 Å². The largest absolute Gasteiger partial charge is 0.505 e. The number of phenolic OH excluding ortho intramolecular Hbond substituents is 1. The Kier molecular flexibility index (Phi) is 5.66. The third-order valence-electron chi connectivity index (χ3n) is 4.83. The van der Waals surface area contributed by atoms with Crippen molar-refractivity contribution in [2.45, 2.75) is 39.5 Å². The average Bonchev–Trinajstić information content (AvgIpc) is 3.05. The molecule has 0 aliphatic carbocycles. The summed E-state index contributed by atoms with van der Waals surface area (Å²) in [5.41, 5.74) is 3.42. The molecule has 3 rings (SSSR count). The monoisotopic (exact) mass is 413 g/mol. The molecular formula is C22H24ClN3O3. The Bertz CT molecular complexity index is 1100. The van der Waals surface area contributed by atoms with E-state index in [1.807, 2.05) is 32.9 Å². The summed E-state index contributed by atoms with van der Waals surface area (Å²) in [6, 6.07) is 9.03. The van der Waals surface area contributed by atoms with E-state index in [9.17, 15) is 9.90 Å². The van der Waals surface area contributed by atoms with E-state index in [1.54, 1.807) is 25.1 Å². The zero-order valence-corrected chi connectivity index (χ0v) is 17.7. The van der Waals surface area contributed by atoms with Crippen molar-refractivity contribution in [3.63, 3.8) is 0 Å². The number of aromatic nitrogens is 3. The molecule has 1 aromatic heterocycles. The molecule has 0 saturated carbocycles. The van der Waals surface area contributed by atoms with Gasteiger partial charge < -0.3 is 9.84 Å². The minimum atomic E-state index is -0.448. The lowest BCUT2D eigenvalue weighted by molar-refractivity contribution is -0.139. The van der Waals surface area contributed by atoms with Crippen LogP contribution in [-0.2, 0) is 14.9 Å². The summed E-state index contributed by atoms with van der Waals surface area (Å²) in [6.07, 6.45) is 0.534. The molecule has 6 nitrogen and oxygen atoms in total. The number of nitrogens with zero attached hydrogens (tertiary/aromatic N) is 3. The molecule has 3 aromatic rings. The smallest absolute Gasteiger partial charge is 0.333 e. The van der Waals surface area contributed by atoms with Crippen LogP contribution in [0.4, 0.5) is 0 Å². The fourth-order valence-electron chi connectivity index (χ4n) is 3.08. The van der Waals surface area contributed by atoms with Crippen LogP contribution >= 0.6 is 11.6 Å². The Balaban J connectivity index is 1.95. The molecule has 0 aliphatic heterocycles. The normalized spacial score (nSPS) is 11.6. The van der Waals surface area contributed by atoms with Crippen LogP contribution in [0.25, 0.3) is 16.7 Å². The fraction of sp³-hybridized carbons (Fsp3) is 0.318. The minimum Gasteiger partial charge on any atom is -0.505 e. The van der Waals surface area contributed by atoms with Crippen LogP contribution < -0.4 is 0 Å². The average molecular weight is 414 g/mol. The Morgan fingerprint density at radius 1 is 1.24 bits per heavy atom. The van der Waals surface area contributed by atoms with Gasteiger partial charge in [0.25, 0.3) is 0 Å². The number of carbonyl (C=O) groups excluding carboxylic acids is 1. The van der Waals surface area contributed by atoms with Gasteiger partial charge in [-0.25, -0.2) is 4.79 Å². The summed E-state index contributed by atoms with van der Waals surface area (Å²) < 4.78 is 5.23. The van der Waals surface area contributed by atoms with Gasteiger partial charge in [-0.2, -0.15) is 0 Å². The minimum absolute atomic E-state index is 0.0956. The highest BCUT2D eigenvalue weighted by Gasteiger charge is 2.27. The number of aryl methyl sites for hydroxylation is 1. The van der Waals surface area contributed by atoms with Gasteiger partial charge in [-0.05, 0) is 55.5 Å². The molecule has 1 N–H and O–H groups in total. The molecule has 0 amide bonds. The highest BCUT2D eigenvalue weighted by molar-refractivity contribution is 6.31. The number of benzene rings is 2. The molecule has 7 heteroatoms. The number of halogens is 1. The van der Waals surface area contributed by atoms with Gasteiger partial charge in [-0.15, -0.1) is 15.0 Å². The Morgan fingerprint density at radius 2 is 1.93 bits per heavy atom. The molecule has 152 valence electrons. The topological polar surface area (TPSA) is 77.2 Å². The number of carbonyl (C=O) groups is 1. The van der Waals surface area contributed by atoms with Crippen molar-refractivity contribution < 1.29 is 14.6 Å². The lowest BCUT2D eigenvalue weighted by atomic mass is 9.80. The molecule has 0 aliphatic rings. The molecule has 0 unspecified atom stereocenters. The van der Waals surface area contributed by atoms with Crippen LogP contribution in [0, 0.1) is 6.92 Å². The van der Waals surface area contributed by atoms with Crippen molar-refractivity contribution in [3.8, 4) is 11.4 Å². The molecule has 1 heterocycles. The fourth-order valence-corrected chi connectivity index (χ4v) is 3.25. The summed E-state index contributed by atoms with van der Waals surface area (Å²) >= 11 is 6.04. The maximum Gasteiger partial charge on any atom is 0.333 e. The van der Waals surface area contributed by atoms with E-state index in [1.165, 1.54) is 4.80 Å². The first kappa shape index (κ1) is 20.9. The molecule has 0 spiro atoms. The van der Waals surface area contributed by atoms with Gasteiger partial charge >= 0.3 is 5.97 Å². The van der Waals surface area contributed by atoms with Crippen molar-refractivity contribution in [2.24, 2.45) is 0 Å². The van der Waals surface area contributed by atoms with Crippen LogP contribution in [0.15, 0.2) is 42.5 Å². The van der Waals surface area contributed by atoms with E-state index < -0.39 is 11.4 Å². The SMILES string of the molecule is C=C(C)C(=O)OCCC(C)(C)c1cc(C)cc(-n2nc3ccc(Cl)cc3n2)c1O. The number of hydrogen-bond acceptors (Lipinski definition) is 5. The predicted molar refractivity (Wildman–Crippen MR) is 114 cm³/mol. The van der Waals surface area contributed by atoms with Crippen molar-refractivity contribution in [1.29, 1.82) is 0 Å². The van der Waals surface area contributed by atoms with Gasteiger partial charge in [-0.1, -0.05) is 38.1 Å². The van der Waals surface area contributed by atoms with Gasteiger partial charge in [0, 0.05) is 16.2 Å². The predicted octanol–water partition coefficient (Wildman–Crippen LogP) is 4.87.